The lowest BCUT2D eigenvalue weighted by molar-refractivity contribution is -0.109. The van der Waals surface area contributed by atoms with E-state index in [1.807, 2.05) is 6.07 Å². The van der Waals surface area contributed by atoms with E-state index >= 15 is 0 Å². The van der Waals surface area contributed by atoms with Crippen LogP contribution in [0.1, 0.15) is 75.1 Å². The molecule has 4 nitrogen and oxygen atoms in total. The highest BCUT2D eigenvalue weighted by Gasteiger charge is 2.48. The lowest BCUT2D eigenvalue weighted by Gasteiger charge is -2.54. The Kier molecular flexibility index (Phi) is 6.64. The number of thioether (sulfide) groups is 1. The Morgan fingerprint density at radius 1 is 0.969 bits per heavy atom. The standard InChI is InChI=1S/C27H36N2O2S/c1-18(30)32-11-7-3-2-6-10-29-17-24(23-8-4-5-9-25(23)29)27(31)28-26-21-13-19-12-20(15-21)16-22(26)14-19/h4-5,8-9,17,19-22,26H,2-3,6-7,10-16H2,1H3,(H,28,31). The number of aryl methyl sites for hydroxylation is 1. The second-order valence-electron chi connectivity index (χ2n) is 10.4. The zero-order chi connectivity index (χ0) is 22.1. The van der Waals surface area contributed by atoms with Crippen molar-refractivity contribution in [1.29, 1.82) is 0 Å². The van der Waals surface area contributed by atoms with Gasteiger partial charge in [0.25, 0.3) is 5.91 Å². The number of fused-ring (bicyclic) bond motifs is 1. The van der Waals surface area contributed by atoms with Crippen molar-refractivity contribution in [3.05, 3.63) is 36.0 Å². The van der Waals surface area contributed by atoms with Gasteiger partial charge in [-0.15, -0.1) is 0 Å². The van der Waals surface area contributed by atoms with Crippen molar-refractivity contribution in [2.45, 2.75) is 77.3 Å². The fourth-order valence-electron chi connectivity index (χ4n) is 6.96. The number of benzene rings is 1. The van der Waals surface area contributed by atoms with Crippen molar-refractivity contribution in [3.63, 3.8) is 0 Å². The number of hydrogen-bond acceptors (Lipinski definition) is 3. The second kappa shape index (κ2) is 9.62. The Labute approximate surface area is 195 Å². The third-order valence-electron chi connectivity index (χ3n) is 8.16. The van der Waals surface area contributed by atoms with Gasteiger partial charge in [-0.25, -0.2) is 0 Å². The largest absolute Gasteiger partial charge is 0.349 e. The summed E-state index contributed by atoms with van der Waals surface area (Å²) in [5, 5.41) is 4.79. The van der Waals surface area contributed by atoms with Crippen molar-refractivity contribution >= 4 is 33.7 Å². The molecule has 1 aromatic heterocycles. The van der Waals surface area contributed by atoms with E-state index in [0.29, 0.717) is 17.9 Å². The lowest BCUT2D eigenvalue weighted by Crippen LogP contribution is -2.55. The molecule has 0 aliphatic heterocycles. The number of hydrogen-bond donors (Lipinski definition) is 1. The molecule has 4 saturated carbocycles. The summed E-state index contributed by atoms with van der Waals surface area (Å²) in [6, 6.07) is 8.72. The summed E-state index contributed by atoms with van der Waals surface area (Å²) in [5.74, 6) is 4.30. The van der Waals surface area contributed by atoms with Gasteiger partial charge in [0.05, 0.1) is 5.56 Å². The number of para-hydroxylation sites is 1. The summed E-state index contributed by atoms with van der Waals surface area (Å²) in [6.07, 6.45) is 13.3. The van der Waals surface area contributed by atoms with E-state index < -0.39 is 0 Å². The zero-order valence-electron chi connectivity index (χ0n) is 19.2. The molecule has 1 heterocycles. The number of amides is 1. The van der Waals surface area contributed by atoms with Crippen LogP contribution in [-0.2, 0) is 11.3 Å². The number of nitrogens with zero attached hydrogens (tertiary/aromatic N) is 1. The fourth-order valence-corrected chi connectivity index (χ4v) is 7.59. The second-order valence-corrected chi connectivity index (χ2v) is 11.7. The molecule has 2 aromatic rings. The van der Waals surface area contributed by atoms with Crippen molar-refractivity contribution < 1.29 is 9.59 Å². The van der Waals surface area contributed by atoms with Gasteiger partial charge in [0, 0.05) is 42.4 Å². The van der Waals surface area contributed by atoms with Crippen LogP contribution in [0.5, 0.6) is 0 Å². The maximum absolute atomic E-state index is 13.4. The number of unbranched alkanes of at least 4 members (excludes halogenated alkanes) is 3. The summed E-state index contributed by atoms with van der Waals surface area (Å²) in [7, 11) is 0. The first-order chi connectivity index (χ1) is 15.6. The summed E-state index contributed by atoms with van der Waals surface area (Å²) >= 11 is 1.43. The van der Waals surface area contributed by atoms with Crippen LogP contribution < -0.4 is 5.32 Å². The Bertz CT molecular complexity index is 953. The molecule has 4 bridgehead atoms. The first-order valence-electron chi connectivity index (χ1n) is 12.6. The van der Waals surface area contributed by atoms with Crippen molar-refractivity contribution in [2.75, 3.05) is 5.75 Å². The molecule has 1 amide bonds. The van der Waals surface area contributed by atoms with Gasteiger partial charge in [-0.3, -0.25) is 9.59 Å². The van der Waals surface area contributed by atoms with Gasteiger partial charge < -0.3 is 9.88 Å². The highest BCUT2D eigenvalue weighted by Crippen LogP contribution is 2.53. The summed E-state index contributed by atoms with van der Waals surface area (Å²) in [6.45, 7) is 2.57. The first kappa shape index (κ1) is 22.1. The molecule has 6 rings (SSSR count). The third-order valence-corrected chi connectivity index (χ3v) is 9.06. The highest BCUT2D eigenvalue weighted by atomic mass is 32.2. The summed E-state index contributed by atoms with van der Waals surface area (Å²) < 4.78 is 2.27. The van der Waals surface area contributed by atoms with Crippen LogP contribution in [0.25, 0.3) is 10.9 Å². The van der Waals surface area contributed by atoms with Crippen LogP contribution in [0, 0.1) is 23.7 Å². The van der Waals surface area contributed by atoms with E-state index in [-0.39, 0.29) is 11.0 Å². The summed E-state index contributed by atoms with van der Waals surface area (Å²) in [5.41, 5.74) is 2.00. The van der Waals surface area contributed by atoms with Gasteiger partial charge >= 0.3 is 0 Å². The number of rotatable bonds is 9. The lowest BCUT2D eigenvalue weighted by atomic mass is 9.54. The van der Waals surface area contributed by atoms with Crippen LogP contribution in [0.2, 0.25) is 0 Å². The highest BCUT2D eigenvalue weighted by molar-refractivity contribution is 8.13. The van der Waals surface area contributed by atoms with Gasteiger partial charge in [0.2, 0.25) is 0 Å². The number of aromatic nitrogens is 1. The van der Waals surface area contributed by atoms with E-state index in [9.17, 15) is 9.59 Å². The molecule has 0 atom stereocenters. The Balaban J connectivity index is 1.22. The maximum Gasteiger partial charge on any atom is 0.253 e. The third kappa shape index (κ3) is 4.64. The molecule has 1 aromatic carbocycles. The molecule has 1 N–H and O–H groups in total. The average Bonchev–Trinajstić information content (AvgIpc) is 3.14. The van der Waals surface area contributed by atoms with Crippen molar-refractivity contribution in [3.8, 4) is 0 Å². The van der Waals surface area contributed by atoms with Crippen LogP contribution in [0.15, 0.2) is 30.5 Å². The molecular formula is C27H36N2O2S. The van der Waals surface area contributed by atoms with Crippen LogP contribution in [0.3, 0.4) is 0 Å². The molecule has 0 saturated heterocycles. The minimum atomic E-state index is 0.124. The maximum atomic E-state index is 13.4. The molecule has 0 spiro atoms. The smallest absolute Gasteiger partial charge is 0.253 e. The SMILES string of the molecule is CC(=O)SCCCCCCn1cc(C(=O)NC2C3CC4CC(C3)CC2C4)c2ccccc21. The Morgan fingerprint density at radius 3 is 2.38 bits per heavy atom. The fraction of sp³-hybridized carbons (Fsp3) is 0.630. The molecule has 4 fully saturated rings. The minimum Gasteiger partial charge on any atom is -0.349 e. The quantitative estimate of drug-likeness (QED) is 0.472. The van der Waals surface area contributed by atoms with Crippen molar-refractivity contribution in [1.82, 2.24) is 9.88 Å². The topological polar surface area (TPSA) is 51.1 Å². The van der Waals surface area contributed by atoms with Crippen LogP contribution >= 0.6 is 11.8 Å². The van der Waals surface area contributed by atoms with E-state index in [1.165, 1.54) is 43.9 Å². The van der Waals surface area contributed by atoms with E-state index in [0.717, 1.165) is 66.3 Å². The van der Waals surface area contributed by atoms with E-state index in [4.69, 9.17) is 0 Å². The predicted molar refractivity (Wildman–Crippen MR) is 132 cm³/mol. The molecule has 4 aliphatic carbocycles. The monoisotopic (exact) mass is 452 g/mol. The van der Waals surface area contributed by atoms with Crippen LogP contribution in [-0.4, -0.2) is 27.4 Å². The molecule has 0 radical (unpaired) electrons. The van der Waals surface area contributed by atoms with Crippen LogP contribution in [0.4, 0.5) is 0 Å². The van der Waals surface area contributed by atoms with Gasteiger partial charge in [-0.2, -0.15) is 0 Å². The molecule has 0 unspecified atom stereocenters. The summed E-state index contributed by atoms with van der Waals surface area (Å²) in [4.78, 5) is 24.4. The normalized spacial score (nSPS) is 28.3. The molecule has 5 heteroatoms. The van der Waals surface area contributed by atoms with Crippen molar-refractivity contribution in [2.24, 2.45) is 23.7 Å². The van der Waals surface area contributed by atoms with E-state index in [2.05, 4.69) is 34.3 Å². The Morgan fingerprint density at radius 2 is 1.66 bits per heavy atom. The molecule has 32 heavy (non-hydrogen) atoms. The van der Waals surface area contributed by atoms with E-state index in [1.54, 1.807) is 6.92 Å². The van der Waals surface area contributed by atoms with Gasteiger partial charge in [-0.1, -0.05) is 42.8 Å². The molecular weight excluding hydrogens is 416 g/mol. The average molecular weight is 453 g/mol. The minimum absolute atomic E-state index is 0.124. The molecule has 172 valence electrons. The predicted octanol–water partition coefficient (Wildman–Crippen LogP) is 6.04. The number of carbonyl (C=O) groups excluding carboxylic acids is 2. The van der Waals surface area contributed by atoms with Gasteiger partial charge in [0.1, 0.15) is 0 Å². The Hall–Kier alpha value is -1.75. The number of carbonyl (C=O) groups is 2. The van der Waals surface area contributed by atoms with Gasteiger partial charge in [-0.05, 0) is 74.7 Å². The molecule has 4 aliphatic rings. The zero-order valence-corrected chi connectivity index (χ0v) is 20.0. The first-order valence-corrected chi connectivity index (χ1v) is 13.6. The van der Waals surface area contributed by atoms with Gasteiger partial charge in [0.15, 0.2) is 5.12 Å². The number of nitrogens with one attached hydrogen (secondary N) is 1.